The van der Waals surface area contributed by atoms with E-state index in [2.05, 4.69) is 34.5 Å². The molecular weight excluding hydrogens is 332 g/mol. The maximum Gasteiger partial charge on any atom is 0.210 e. The van der Waals surface area contributed by atoms with Gasteiger partial charge >= 0.3 is 0 Å². The third-order valence-corrected chi connectivity index (χ3v) is 4.38. The third kappa shape index (κ3) is 4.42. The molecule has 1 aromatic heterocycles. The van der Waals surface area contributed by atoms with Crippen LogP contribution < -0.4 is 10.6 Å². The van der Waals surface area contributed by atoms with Crippen molar-refractivity contribution < 1.29 is 4.74 Å². The fraction of sp³-hybridized carbons (Fsp3) is 0.158. The molecule has 0 spiro atoms. The van der Waals surface area contributed by atoms with Gasteiger partial charge in [-0.05, 0) is 24.6 Å². The van der Waals surface area contributed by atoms with E-state index < -0.39 is 0 Å². The van der Waals surface area contributed by atoms with E-state index in [-0.39, 0.29) is 0 Å². The van der Waals surface area contributed by atoms with Gasteiger partial charge in [0.1, 0.15) is 5.75 Å². The molecule has 2 N–H and O–H groups in total. The van der Waals surface area contributed by atoms with Gasteiger partial charge in [0.2, 0.25) is 5.16 Å². The maximum absolute atomic E-state index is 6.16. The number of nitrogens with zero attached hydrogens (tertiary/aromatic N) is 3. The summed E-state index contributed by atoms with van der Waals surface area (Å²) >= 11 is 1.54. The van der Waals surface area contributed by atoms with E-state index in [1.807, 2.05) is 49.4 Å². The largest absolute Gasteiger partial charge is 0.494 e. The van der Waals surface area contributed by atoms with Crippen LogP contribution in [-0.4, -0.2) is 27.2 Å². The Kier molecular flexibility index (Phi) is 5.74. The van der Waals surface area contributed by atoms with Crippen LogP contribution in [0.2, 0.25) is 0 Å². The van der Waals surface area contributed by atoms with Crippen LogP contribution in [0.3, 0.4) is 0 Å². The summed E-state index contributed by atoms with van der Waals surface area (Å²) in [6.45, 7) is 2.57. The number of nitrogen functional groups attached to an aromatic ring is 1. The summed E-state index contributed by atoms with van der Waals surface area (Å²) in [6.07, 6.45) is 4.17. The predicted molar refractivity (Wildman–Crippen MR) is 103 cm³/mol. The second kappa shape index (κ2) is 8.39. The van der Waals surface area contributed by atoms with E-state index in [1.165, 1.54) is 10.2 Å². The second-order valence-corrected chi connectivity index (χ2v) is 6.25. The molecule has 0 radical (unpaired) electrons. The van der Waals surface area contributed by atoms with Gasteiger partial charge in [0.15, 0.2) is 5.82 Å². The van der Waals surface area contributed by atoms with Gasteiger partial charge in [-0.1, -0.05) is 66.4 Å². The van der Waals surface area contributed by atoms with Crippen LogP contribution in [0.4, 0.5) is 0 Å². The van der Waals surface area contributed by atoms with Crippen molar-refractivity contribution in [2.24, 2.45) is 0 Å². The lowest BCUT2D eigenvalue weighted by Crippen LogP contribution is -2.11. The van der Waals surface area contributed by atoms with Crippen LogP contribution in [-0.2, 0) is 0 Å². The van der Waals surface area contributed by atoms with Gasteiger partial charge in [0, 0.05) is 11.3 Å². The SMILES string of the molecule is CCOc1cccc(-c2nnc(SCC=Cc3ccccc3)n2N)c1. The van der Waals surface area contributed by atoms with E-state index >= 15 is 0 Å². The first kappa shape index (κ1) is 17.1. The number of ether oxygens (including phenoxy) is 1. The molecule has 0 amide bonds. The summed E-state index contributed by atoms with van der Waals surface area (Å²) in [6, 6.07) is 17.9. The van der Waals surface area contributed by atoms with Gasteiger partial charge in [0.25, 0.3) is 0 Å². The highest BCUT2D eigenvalue weighted by Gasteiger charge is 2.12. The lowest BCUT2D eigenvalue weighted by Gasteiger charge is -2.06. The number of benzene rings is 2. The topological polar surface area (TPSA) is 66.0 Å². The van der Waals surface area contributed by atoms with Gasteiger partial charge in [-0.2, -0.15) is 0 Å². The molecule has 0 unspecified atom stereocenters. The molecular formula is C19H20N4OS. The van der Waals surface area contributed by atoms with Crippen LogP contribution in [0.15, 0.2) is 65.8 Å². The smallest absolute Gasteiger partial charge is 0.210 e. The summed E-state index contributed by atoms with van der Waals surface area (Å²) in [7, 11) is 0. The Morgan fingerprint density at radius 3 is 2.76 bits per heavy atom. The molecule has 0 saturated carbocycles. The fourth-order valence-corrected chi connectivity index (χ4v) is 3.00. The van der Waals surface area contributed by atoms with Crippen molar-refractivity contribution in [2.45, 2.75) is 12.1 Å². The normalized spacial score (nSPS) is 11.1. The minimum absolute atomic E-state index is 0.619. The molecule has 5 nitrogen and oxygen atoms in total. The average molecular weight is 352 g/mol. The molecule has 0 bridgehead atoms. The highest BCUT2D eigenvalue weighted by atomic mass is 32.2. The highest BCUT2D eigenvalue weighted by Crippen LogP contribution is 2.24. The van der Waals surface area contributed by atoms with Crippen molar-refractivity contribution in [3.8, 4) is 17.1 Å². The maximum atomic E-state index is 6.16. The molecule has 0 atom stereocenters. The summed E-state index contributed by atoms with van der Waals surface area (Å²) < 4.78 is 7.04. The molecule has 128 valence electrons. The number of rotatable bonds is 7. The Bertz CT molecular complexity index is 846. The van der Waals surface area contributed by atoms with Crippen LogP contribution >= 0.6 is 11.8 Å². The number of hydrogen-bond acceptors (Lipinski definition) is 5. The Balaban J connectivity index is 1.67. The van der Waals surface area contributed by atoms with Crippen molar-refractivity contribution in [3.63, 3.8) is 0 Å². The summed E-state index contributed by atoms with van der Waals surface area (Å²) in [4.78, 5) is 0. The van der Waals surface area contributed by atoms with E-state index in [0.717, 1.165) is 17.1 Å². The van der Waals surface area contributed by atoms with E-state index in [9.17, 15) is 0 Å². The highest BCUT2D eigenvalue weighted by molar-refractivity contribution is 7.99. The van der Waals surface area contributed by atoms with Crippen LogP contribution in [0.1, 0.15) is 12.5 Å². The summed E-state index contributed by atoms with van der Waals surface area (Å²) in [5.74, 6) is 8.34. The Morgan fingerprint density at radius 2 is 1.96 bits per heavy atom. The lowest BCUT2D eigenvalue weighted by molar-refractivity contribution is 0.340. The first-order valence-electron chi connectivity index (χ1n) is 8.06. The van der Waals surface area contributed by atoms with Crippen molar-refractivity contribution in [2.75, 3.05) is 18.2 Å². The molecule has 0 aliphatic carbocycles. The number of thioether (sulfide) groups is 1. The number of aromatic nitrogens is 3. The molecule has 0 saturated heterocycles. The Hall–Kier alpha value is -2.73. The molecule has 0 aliphatic heterocycles. The first-order valence-corrected chi connectivity index (χ1v) is 9.04. The molecule has 3 rings (SSSR count). The van der Waals surface area contributed by atoms with Crippen LogP contribution in [0.25, 0.3) is 17.5 Å². The molecule has 6 heteroatoms. The van der Waals surface area contributed by atoms with Crippen molar-refractivity contribution in [1.82, 2.24) is 14.9 Å². The van der Waals surface area contributed by atoms with E-state index in [0.29, 0.717) is 17.6 Å². The lowest BCUT2D eigenvalue weighted by atomic mass is 10.2. The van der Waals surface area contributed by atoms with E-state index in [1.54, 1.807) is 11.8 Å². The van der Waals surface area contributed by atoms with E-state index in [4.69, 9.17) is 10.6 Å². The van der Waals surface area contributed by atoms with Crippen molar-refractivity contribution in [1.29, 1.82) is 0 Å². The standard InChI is InChI=1S/C19H20N4OS/c1-2-24-17-12-6-11-16(14-17)18-21-22-19(23(18)20)25-13-7-10-15-8-4-3-5-9-15/h3-12,14H,2,13,20H2,1H3. The molecule has 2 aromatic carbocycles. The molecule has 0 aliphatic rings. The van der Waals surface area contributed by atoms with Crippen molar-refractivity contribution >= 4 is 17.8 Å². The van der Waals surface area contributed by atoms with Crippen molar-refractivity contribution in [3.05, 3.63) is 66.2 Å². The number of nitrogens with two attached hydrogens (primary N) is 1. The third-order valence-electron chi connectivity index (χ3n) is 3.49. The van der Waals surface area contributed by atoms with Crippen LogP contribution in [0, 0.1) is 0 Å². The fourth-order valence-electron chi connectivity index (χ4n) is 2.33. The zero-order valence-electron chi connectivity index (χ0n) is 14.0. The molecule has 0 fully saturated rings. The predicted octanol–water partition coefficient (Wildman–Crippen LogP) is 3.86. The minimum Gasteiger partial charge on any atom is -0.494 e. The summed E-state index contributed by atoms with van der Waals surface area (Å²) in [5, 5.41) is 9.08. The summed E-state index contributed by atoms with van der Waals surface area (Å²) in [5.41, 5.74) is 2.05. The van der Waals surface area contributed by atoms with Gasteiger partial charge < -0.3 is 10.6 Å². The quantitative estimate of drug-likeness (QED) is 0.516. The second-order valence-electron chi connectivity index (χ2n) is 5.26. The monoisotopic (exact) mass is 352 g/mol. The Morgan fingerprint density at radius 1 is 1.12 bits per heavy atom. The molecule has 1 heterocycles. The van der Waals surface area contributed by atoms with Gasteiger partial charge in [-0.15, -0.1) is 10.2 Å². The van der Waals surface area contributed by atoms with Gasteiger partial charge in [0.05, 0.1) is 6.61 Å². The average Bonchev–Trinajstić information content (AvgIpc) is 3.01. The van der Waals surface area contributed by atoms with Crippen LogP contribution in [0.5, 0.6) is 5.75 Å². The zero-order chi connectivity index (χ0) is 17.5. The molecule has 3 aromatic rings. The van der Waals surface area contributed by atoms with Gasteiger partial charge in [-0.25, -0.2) is 4.68 Å². The van der Waals surface area contributed by atoms with Gasteiger partial charge in [-0.3, -0.25) is 0 Å². The Labute approximate surface area is 151 Å². The minimum atomic E-state index is 0.619. The molecule has 25 heavy (non-hydrogen) atoms. The number of hydrogen-bond donors (Lipinski definition) is 1. The first-order chi connectivity index (χ1) is 12.3. The zero-order valence-corrected chi connectivity index (χ0v) is 14.8.